The van der Waals surface area contributed by atoms with E-state index in [-0.39, 0.29) is 13.2 Å². The van der Waals surface area contributed by atoms with E-state index in [1.807, 2.05) is 146 Å². The molecule has 0 spiro atoms. The van der Waals surface area contributed by atoms with E-state index in [0.717, 1.165) is 37.4 Å². The third kappa shape index (κ3) is 9.82. The van der Waals surface area contributed by atoms with E-state index < -0.39 is 32.2 Å². The highest BCUT2D eigenvalue weighted by atomic mass is 32.2. The van der Waals surface area contributed by atoms with Crippen LogP contribution >= 0.6 is 0 Å². The molecule has 0 fully saturated rings. The predicted octanol–water partition coefficient (Wildman–Crippen LogP) is 11.1. The first-order valence-electron chi connectivity index (χ1n) is 23.4. The van der Waals surface area contributed by atoms with Gasteiger partial charge in [-0.1, -0.05) is 146 Å². The number of carbonyl (C=O) groups is 2. The number of hydrogen-bond acceptors (Lipinski definition) is 12. The monoisotopic (exact) mass is 1020 g/mol. The molecule has 6 aromatic carbocycles. The molecule has 0 aliphatic heterocycles. The number of carbonyl (C=O) groups excluding carboxylic acids is 2. The fourth-order valence-electron chi connectivity index (χ4n) is 8.57. The van der Waals surface area contributed by atoms with Crippen molar-refractivity contribution in [2.24, 2.45) is 0 Å². The highest BCUT2D eigenvalue weighted by molar-refractivity contribution is 7.89. The second kappa shape index (κ2) is 19.9. The zero-order valence-corrected chi connectivity index (χ0v) is 42.0. The van der Waals surface area contributed by atoms with Crippen LogP contribution < -0.4 is 0 Å². The number of nitrogens with zero attached hydrogens (tertiary/aromatic N) is 8. The van der Waals surface area contributed by atoms with Crippen molar-refractivity contribution in [3.05, 3.63) is 182 Å². The highest BCUT2D eigenvalue weighted by Gasteiger charge is 2.24. The third-order valence-electron chi connectivity index (χ3n) is 12.0. The van der Waals surface area contributed by atoms with Gasteiger partial charge in [0.05, 0.1) is 71.3 Å². The molecular formula is C56H46N8O8S2. The maximum absolute atomic E-state index is 13.4. The Kier molecular flexibility index (Phi) is 13.1. The Balaban J connectivity index is 0.925. The molecule has 0 aliphatic rings. The van der Waals surface area contributed by atoms with Gasteiger partial charge in [-0.15, -0.1) is 0 Å². The second-order valence-corrected chi connectivity index (χ2v) is 20.8. The third-order valence-corrected chi connectivity index (χ3v) is 13.8. The van der Waals surface area contributed by atoms with E-state index >= 15 is 0 Å². The lowest BCUT2D eigenvalue weighted by molar-refractivity contribution is 0.150. The fourth-order valence-corrected chi connectivity index (χ4v) is 10.1. The maximum Gasteiger partial charge on any atom is 0.435 e. The topological polar surface area (TPSA) is 192 Å². The van der Waals surface area contributed by atoms with Gasteiger partial charge >= 0.3 is 12.2 Å². The first kappa shape index (κ1) is 48.6. The summed E-state index contributed by atoms with van der Waals surface area (Å²) >= 11 is 0. The molecule has 0 bridgehead atoms. The molecule has 0 amide bonds. The molecular weight excluding hydrogens is 977 g/mol. The van der Waals surface area contributed by atoms with Gasteiger partial charge in [0.15, 0.2) is 0 Å². The van der Waals surface area contributed by atoms with Crippen LogP contribution in [0, 0.1) is 0 Å². The molecule has 0 saturated carbocycles. The van der Waals surface area contributed by atoms with E-state index in [9.17, 15) is 26.4 Å². The van der Waals surface area contributed by atoms with Crippen molar-refractivity contribution in [1.82, 2.24) is 37.9 Å². The lowest BCUT2D eigenvalue weighted by atomic mass is 10.00. The smallest absolute Gasteiger partial charge is 0.435 e. The average molecular weight is 1020 g/mol. The minimum absolute atomic E-state index is 0.141. The lowest BCUT2D eigenvalue weighted by Crippen LogP contribution is -2.16. The van der Waals surface area contributed by atoms with Crippen molar-refractivity contribution < 1.29 is 35.9 Å². The summed E-state index contributed by atoms with van der Waals surface area (Å²) in [5.41, 5.74) is 10.8. The van der Waals surface area contributed by atoms with E-state index in [4.69, 9.17) is 14.6 Å². The first-order chi connectivity index (χ1) is 35.7. The molecule has 4 aromatic heterocycles. The van der Waals surface area contributed by atoms with Crippen molar-refractivity contribution in [1.29, 1.82) is 0 Å². The summed E-state index contributed by atoms with van der Waals surface area (Å²) in [6.07, 6.45) is 0.940. The van der Waals surface area contributed by atoms with E-state index in [0.29, 0.717) is 84.5 Å². The summed E-state index contributed by atoms with van der Waals surface area (Å²) in [7, 11) is -7.62. The van der Waals surface area contributed by atoms with Crippen LogP contribution in [-0.4, -0.2) is 92.7 Å². The minimum atomic E-state index is -3.87. The van der Waals surface area contributed by atoms with Gasteiger partial charge in [-0.25, -0.2) is 26.4 Å². The van der Waals surface area contributed by atoms with Crippen LogP contribution in [0.15, 0.2) is 182 Å². The van der Waals surface area contributed by atoms with Crippen LogP contribution in [0.1, 0.15) is 13.8 Å². The molecule has 10 rings (SSSR count). The van der Waals surface area contributed by atoms with Crippen LogP contribution in [0.5, 0.6) is 0 Å². The molecule has 370 valence electrons. The first-order valence-corrected chi connectivity index (χ1v) is 27.1. The molecule has 18 heteroatoms. The van der Waals surface area contributed by atoms with Crippen LogP contribution in [-0.2, 0) is 29.5 Å². The zero-order chi connectivity index (χ0) is 51.7. The van der Waals surface area contributed by atoms with Gasteiger partial charge in [-0.3, -0.25) is 0 Å². The number of ether oxygens (including phenoxy) is 2. The molecule has 0 radical (unpaired) electrons. The average Bonchev–Trinajstić information content (AvgIpc) is 4.25. The van der Waals surface area contributed by atoms with Gasteiger partial charge in [0.25, 0.3) is 20.0 Å². The minimum Gasteiger partial charge on any atom is -0.448 e. The maximum atomic E-state index is 13.4. The molecule has 0 atom stereocenters. The Bertz CT molecular complexity index is 3960. The van der Waals surface area contributed by atoms with Crippen LogP contribution in [0.4, 0.5) is 9.59 Å². The predicted molar refractivity (Wildman–Crippen MR) is 284 cm³/mol. The normalized spacial score (nSPS) is 11.7. The Labute approximate surface area is 426 Å². The summed E-state index contributed by atoms with van der Waals surface area (Å²) in [6, 6.07) is 55.3. The van der Waals surface area contributed by atoms with Gasteiger partial charge in [-0.05, 0) is 61.4 Å². The zero-order valence-electron chi connectivity index (χ0n) is 40.4. The number of aromatic nitrogens is 8. The number of benzene rings is 6. The standard InChI is InChI=1S/C56H46N8O8S2/c1-5-71-55(65)61-51(39-15-9-7-10-16-39)33-47(57-61)43-19-13-20-44(31-43)48-34-52(62(58-48)56(66)72-6-2)41-27-23-37(24-28-41)38-25-29-42(30-26-38)54-36-50(60-64(54)74(4,69)70)46-22-14-21-45(32-46)49-35-53(40-17-11-8-12-18-40)63(59-49)73(3,67)68/h7-36H,5-6H2,1-4H3. The van der Waals surface area contributed by atoms with Gasteiger partial charge < -0.3 is 9.47 Å². The second-order valence-electron chi connectivity index (χ2n) is 17.1. The summed E-state index contributed by atoms with van der Waals surface area (Å²) in [6.45, 7) is 3.79. The molecule has 74 heavy (non-hydrogen) atoms. The summed E-state index contributed by atoms with van der Waals surface area (Å²) in [5, 5.41) is 18.3. The van der Waals surface area contributed by atoms with Crippen LogP contribution in [0.25, 0.3) is 101 Å². The van der Waals surface area contributed by atoms with Crippen molar-refractivity contribution in [3.8, 4) is 101 Å². The summed E-state index contributed by atoms with van der Waals surface area (Å²) in [5.74, 6) is 0. The molecule has 0 N–H and O–H groups in total. The Morgan fingerprint density at radius 2 is 0.649 bits per heavy atom. The van der Waals surface area contributed by atoms with E-state index in [1.54, 1.807) is 50.2 Å². The Morgan fingerprint density at radius 3 is 1.00 bits per heavy atom. The van der Waals surface area contributed by atoms with Gasteiger partial charge in [0, 0.05) is 44.5 Å². The lowest BCUT2D eigenvalue weighted by Gasteiger charge is -2.09. The van der Waals surface area contributed by atoms with Gasteiger partial charge in [-0.2, -0.15) is 37.9 Å². The van der Waals surface area contributed by atoms with E-state index in [1.165, 1.54) is 9.36 Å². The van der Waals surface area contributed by atoms with Crippen molar-refractivity contribution in [3.63, 3.8) is 0 Å². The molecule has 10 aromatic rings. The van der Waals surface area contributed by atoms with Crippen LogP contribution in [0.3, 0.4) is 0 Å². The summed E-state index contributed by atoms with van der Waals surface area (Å²) < 4.78 is 67.2. The molecule has 0 saturated heterocycles. The number of hydrogen-bond donors (Lipinski definition) is 0. The Hall–Kier alpha value is -9.00. The quantitative estimate of drug-likeness (QED) is 0.106. The van der Waals surface area contributed by atoms with Gasteiger partial charge in [0.1, 0.15) is 0 Å². The van der Waals surface area contributed by atoms with Crippen molar-refractivity contribution in [2.45, 2.75) is 13.8 Å². The molecule has 0 aliphatic carbocycles. The fraction of sp³-hybridized carbons (Fsp3) is 0.107. The van der Waals surface area contributed by atoms with Gasteiger partial charge in [0.2, 0.25) is 0 Å². The van der Waals surface area contributed by atoms with E-state index in [2.05, 4.69) is 15.3 Å². The van der Waals surface area contributed by atoms with Crippen molar-refractivity contribution in [2.75, 3.05) is 25.7 Å². The van der Waals surface area contributed by atoms with Crippen LogP contribution in [0.2, 0.25) is 0 Å². The van der Waals surface area contributed by atoms with Crippen molar-refractivity contribution >= 4 is 32.2 Å². The molecule has 16 nitrogen and oxygen atoms in total. The largest absolute Gasteiger partial charge is 0.448 e. The number of rotatable bonds is 13. The highest BCUT2D eigenvalue weighted by Crippen LogP contribution is 2.36. The molecule has 0 unspecified atom stereocenters. The Morgan fingerprint density at radius 1 is 0.365 bits per heavy atom. The molecule has 4 heterocycles. The SMILES string of the molecule is CCOC(=O)n1nc(-c2cccc(-c3cc(-c4ccc(-c5ccc(-c6cc(-c7cccc(-c8cc(-c9ccccc9)n(S(C)(=O)=O)n8)c7)nn6S(C)(=O)=O)cc5)cc4)n(C(=O)OCC)n3)c2)cc1-c1ccccc1. The summed E-state index contributed by atoms with van der Waals surface area (Å²) in [4.78, 5) is 26.4.